The van der Waals surface area contributed by atoms with Crippen molar-refractivity contribution in [3.05, 3.63) is 64.4 Å². The molecular formula is C14H12BrN3O. The standard InChI is InChI=1S/C14H12BrN3O/c1-10(12-5-3-7-16-9-12)17-18-14(19)11-4-2-6-13(15)8-11/h2-9H,1H3,(H,18,19)/b17-10-. The van der Waals surface area contributed by atoms with Crippen molar-refractivity contribution in [1.29, 1.82) is 0 Å². The molecule has 96 valence electrons. The van der Waals surface area contributed by atoms with E-state index in [4.69, 9.17) is 0 Å². The Hall–Kier alpha value is -2.01. The van der Waals surface area contributed by atoms with Crippen molar-refractivity contribution < 1.29 is 4.79 Å². The summed E-state index contributed by atoms with van der Waals surface area (Å²) in [4.78, 5) is 15.9. The van der Waals surface area contributed by atoms with Gasteiger partial charge >= 0.3 is 0 Å². The van der Waals surface area contributed by atoms with Gasteiger partial charge in [0.25, 0.3) is 5.91 Å². The summed E-state index contributed by atoms with van der Waals surface area (Å²) in [5.41, 5.74) is 4.66. The molecule has 0 saturated heterocycles. The highest BCUT2D eigenvalue weighted by atomic mass is 79.9. The number of carbonyl (C=O) groups excluding carboxylic acids is 1. The van der Waals surface area contributed by atoms with E-state index >= 15 is 0 Å². The highest BCUT2D eigenvalue weighted by Crippen LogP contribution is 2.11. The second kappa shape index (κ2) is 6.24. The predicted molar refractivity (Wildman–Crippen MR) is 78.1 cm³/mol. The fourth-order valence-electron chi connectivity index (χ4n) is 1.47. The van der Waals surface area contributed by atoms with Crippen LogP contribution in [0.2, 0.25) is 0 Å². The molecule has 2 aromatic rings. The number of nitrogens with zero attached hydrogens (tertiary/aromatic N) is 2. The van der Waals surface area contributed by atoms with Crippen LogP contribution < -0.4 is 5.43 Å². The molecule has 0 unspecified atom stereocenters. The quantitative estimate of drug-likeness (QED) is 0.699. The lowest BCUT2D eigenvalue weighted by Gasteiger charge is -2.03. The van der Waals surface area contributed by atoms with Crippen molar-refractivity contribution in [2.24, 2.45) is 5.10 Å². The second-order valence-corrected chi connectivity index (χ2v) is 4.81. The number of hydrogen-bond acceptors (Lipinski definition) is 3. The topological polar surface area (TPSA) is 54.4 Å². The van der Waals surface area contributed by atoms with Crippen LogP contribution in [-0.4, -0.2) is 16.6 Å². The van der Waals surface area contributed by atoms with Gasteiger partial charge in [-0.05, 0) is 31.2 Å². The van der Waals surface area contributed by atoms with Crippen molar-refractivity contribution >= 4 is 27.5 Å². The Morgan fingerprint density at radius 3 is 2.74 bits per heavy atom. The van der Waals surface area contributed by atoms with Gasteiger partial charge in [0.15, 0.2) is 0 Å². The first kappa shape index (κ1) is 13.4. The molecule has 0 spiro atoms. The van der Waals surface area contributed by atoms with E-state index in [9.17, 15) is 4.79 Å². The first-order chi connectivity index (χ1) is 9.16. The fraction of sp³-hybridized carbons (Fsp3) is 0.0714. The number of rotatable bonds is 3. The number of hydrogen-bond donors (Lipinski definition) is 1. The van der Waals surface area contributed by atoms with Crippen molar-refractivity contribution in [2.45, 2.75) is 6.92 Å². The maximum absolute atomic E-state index is 11.9. The molecule has 0 saturated carbocycles. The lowest BCUT2D eigenvalue weighted by Crippen LogP contribution is -2.19. The van der Waals surface area contributed by atoms with E-state index in [1.54, 1.807) is 30.6 Å². The van der Waals surface area contributed by atoms with Crippen LogP contribution in [0.4, 0.5) is 0 Å². The summed E-state index contributed by atoms with van der Waals surface area (Å²) in [6.45, 7) is 1.82. The summed E-state index contributed by atoms with van der Waals surface area (Å²) >= 11 is 3.32. The van der Waals surface area contributed by atoms with Gasteiger partial charge in [0.05, 0.1) is 5.71 Å². The first-order valence-corrected chi connectivity index (χ1v) is 6.47. The molecule has 1 N–H and O–H groups in total. The zero-order valence-corrected chi connectivity index (χ0v) is 11.9. The number of hydrazone groups is 1. The molecule has 0 aliphatic heterocycles. The van der Waals surface area contributed by atoms with Crippen LogP contribution in [0.15, 0.2) is 58.4 Å². The van der Waals surface area contributed by atoms with Crippen molar-refractivity contribution in [2.75, 3.05) is 0 Å². The number of halogens is 1. The summed E-state index contributed by atoms with van der Waals surface area (Å²) in [7, 11) is 0. The van der Waals surface area contributed by atoms with E-state index in [0.29, 0.717) is 11.3 Å². The first-order valence-electron chi connectivity index (χ1n) is 5.67. The number of aromatic nitrogens is 1. The minimum Gasteiger partial charge on any atom is -0.267 e. The zero-order chi connectivity index (χ0) is 13.7. The normalized spacial score (nSPS) is 11.2. The molecule has 0 aliphatic rings. The third-order valence-corrected chi connectivity index (χ3v) is 2.98. The molecular weight excluding hydrogens is 306 g/mol. The highest BCUT2D eigenvalue weighted by Gasteiger charge is 2.05. The molecule has 0 atom stereocenters. The van der Waals surface area contributed by atoms with Gasteiger partial charge in [-0.1, -0.05) is 28.1 Å². The molecule has 4 nitrogen and oxygen atoms in total. The van der Waals surface area contributed by atoms with Gasteiger partial charge in [-0.3, -0.25) is 9.78 Å². The minimum atomic E-state index is -0.246. The van der Waals surface area contributed by atoms with Gasteiger partial charge < -0.3 is 0 Å². The molecule has 1 aromatic carbocycles. The summed E-state index contributed by atoms with van der Waals surface area (Å²) in [6.07, 6.45) is 3.39. The molecule has 1 amide bonds. The largest absolute Gasteiger partial charge is 0.271 e. The highest BCUT2D eigenvalue weighted by molar-refractivity contribution is 9.10. The van der Waals surface area contributed by atoms with Gasteiger partial charge in [-0.15, -0.1) is 0 Å². The van der Waals surface area contributed by atoms with E-state index in [-0.39, 0.29) is 5.91 Å². The molecule has 0 bridgehead atoms. The molecule has 19 heavy (non-hydrogen) atoms. The minimum absolute atomic E-state index is 0.246. The Morgan fingerprint density at radius 1 is 1.26 bits per heavy atom. The third kappa shape index (κ3) is 3.72. The van der Waals surface area contributed by atoms with Crippen LogP contribution in [0.25, 0.3) is 0 Å². The summed E-state index contributed by atoms with van der Waals surface area (Å²) in [5, 5.41) is 4.06. The number of amides is 1. The average molecular weight is 318 g/mol. The molecule has 1 aromatic heterocycles. The zero-order valence-electron chi connectivity index (χ0n) is 10.3. The number of carbonyl (C=O) groups is 1. The molecule has 0 fully saturated rings. The van der Waals surface area contributed by atoms with Crippen molar-refractivity contribution in [3.63, 3.8) is 0 Å². The summed E-state index contributed by atoms with van der Waals surface area (Å²) < 4.78 is 0.855. The van der Waals surface area contributed by atoms with Gasteiger partial charge in [0.1, 0.15) is 0 Å². The van der Waals surface area contributed by atoms with Crippen molar-refractivity contribution in [1.82, 2.24) is 10.4 Å². The molecule has 5 heteroatoms. The van der Waals surface area contributed by atoms with Gasteiger partial charge in [-0.25, -0.2) is 5.43 Å². The van der Waals surface area contributed by atoms with Gasteiger partial charge in [0.2, 0.25) is 0 Å². The van der Waals surface area contributed by atoms with Gasteiger partial charge in [-0.2, -0.15) is 5.10 Å². The summed E-state index contributed by atoms with van der Waals surface area (Å²) in [6, 6.07) is 10.8. The van der Waals surface area contributed by atoms with Crippen LogP contribution in [-0.2, 0) is 0 Å². The molecule has 0 aliphatic carbocycles. The smallest absolute Gasteiger partial charge is 0.267 e. The number of benzene rings is 1. The predicted octanol–water partition coefficient (Wildman–Crippen LogP) is 3.00. The van der Waals surface area contributed by atoms with E-state index in [0.717, 1.165) is 10.0 Å². The van der Waals surface area contributed by atoms with Crippen LogP contribution in [0, 0.1) is 0 Å². The van der Waals surface area contributed by atoms with Crippen LogP contribution >= 0.6 is 15.9 Å². The Balaban J connectivity index is 2.08. The number of pyridine rings is 1. The van der Waals surface area contributed by atoms with Crippen LogP contribution in [0.5, 0.6) is 0 Å². The Morgan fingerprint density at radius 2 is 2.05 bits per heavy atom. The fourth-order valence-corrected chi connectivity index (χ4v) is 1.87. The number of nitrogens with one attached hydrogen (secondary N) is 1. The lowest BCUT2D eigenvalue weighted by molar-refractivity contribution is 0.0955. The van der Waals surface area contributed by atoms with E-state index < -0.39 is 0 Å². The van der Waals surface area contributed by atoms with Gasteiger partial charge in [0, 0.05) is 28.0 Å². The van der Waals surface area contributed by atoms with E-state index in [1.807, 2.05) is 25.1 Å². The average Bonchev–Trinajstić information content (AvgIpc) is 2.45. The third-order valence-electron chi connectivity index (χ3n) is 2.49. The van der Waals surface area contributed by atoms with Crippen molar-refractivity contribution in [3.8, 4) is 0 Å². The second-order valence-electron chi connectivity index (χ2n) is 3.89. The van der Waals surface area contributed by atoms with E-state index in [2.05, 4.69) is 31.4 Å². The molecule has 1 heterocycles. The Bertz CT molecular complexity index is 611. The van der Waals surface area contributed by atoms with Crippen LogP contribution in [0.3, 0.4) is 0 Å². The lowest BCUT2D eigenvalue weighted by atomic mass is 10.2. The summed E-state index contributed by atoms with van der Waals surface area (Å²) in [5.74, 6) is -0.246. The maximum atomic E-state index is 11.9. The molecule has 2 rings (SSSR count). The van der Waals surface area contributed by atoms with E-state index in [1.165, 1.54) is 0 Å². The van der Waals surface area contributed by atoms with Crippen LogP contribution in [0.1, 0.15) is 22.8 Å². The SMILES string of the molecule is C/C(=N/NC(=O)c1cccc(Br)c1)c1cccnc1. The monoisotopic (exact) mass is 317 g/mol. The Labute approximate surface area is 119 Å². The molecule has 0 radical (unpaired) electrons. The maximum Gasteiger partial charge on any atom is 0.271 e. The Kier molecular flexibility index (Phi) is 4.41.